The van der Waals surface area contributed by atoms with Crippen molar-refractivity contribution < 1.29 is 23.3 Å². The molecular formula is C60H76F2N8O4. The minimum atomic E-state index is -0.343. The van der Waals surface area contributed by atoms with Crippen molar-refractivity contribution in [2.75, 3.05) is 98.6 Å². The second kappa shape index (κ2) is 30.4. The van der Waals surface area contributed by atoms with E-state index in [1.807, 2.05) is 93.3 Å². The maximum atomic E-state index is 12.8. The van der Waals surface area contributed by atoms with Crippen molar-refractivity contribution in [2.45, 2.75) is 52.9 Å². The third-order valence-corrected chi connectivity index (χ3v) is 13.7. The molecule has 74 heavy (non-hydrogen) atoms. The lowest BCUT2D eigenvalue weighted by Gasteiger charge is -2.40. The number of amides is 2. The number of hydrogen-bond acceptors (Lipinski definition) is 9. The maximum absolute atomic E-state index is 12.8. The van der Waals surface area contributed by atoms with Gasteiger partial charge in [-0.25, -0.2) is 0 Å². The first kappa shape index (κ1) is 58.1. The molecule has 2 atom stereocenters. The highest BCUT2D eigenvalue weighted by atomic mass is 19.1. The van der Waals surface area contributed by atoms with Gasteiger partial charge in [0.05, 0.1) is 31.4 Å². The van der Waals surface area contributed by atoms with Gasteiger partial charge in [-0.3, -0.25) is 48.1 Å². The molecule has 2 saturated heterocycles. The van der Waals surface area contributed by atoms with Crippen LogP contribution in [-0.2, 0) is 13.1 Å². The summed E-state index contributed by atoms with van der Waals surface area (Å²) in [6.07, 6.45) is 0. The first-order chi connectivity index (χ1) is 36.1. The van der Waals surface area contributed by atoms with Gasteiger partial charge < -0.3 is 15.5 Å². The van der Waals surface area contributed by atoms with E-state index in [9.17, 15) is 28.5 Å². The molecular weight excluding hydrogens is 935 g/mol. The third-order valence-electron chi connectivity index (χ3n) is 13.7. The van der Waals surface area contributed by atoms with E-state index in [0.29, 0.717) is 33.0 Å². The van der Waals surface area contributed by atoms with Crippen molar-refractivity contribution in [1.29, 1.82) is 0 Å². The Morgan fingerprint density at radius 3 is 1.22 bits per heavy atom. The summed E-state index contributed by atoms with van der Waals surface area (Å²) in [6, 6.07) is 52.2. The molecule has 2 aliphatic heterocycles. The number of carbonyl (C=O) groups is 2. The van der Waals surface area contributed by atoms with Gasteiger partial charge in [-0.05, 0) is 97.5 Å². The van der Waals surface area contributed by atoms with Crippen LogP contribution in [0.5, 0.6) is 0 Å². The van der Waals surface area contributed by atoms with Gasteiger partial charge >= 0.3 is 0 Å². The molecule has 6 aromatic carbocycles. The largest absolute Gasteiger partial charge is 0.399 e. The van der Waals surface area contributed by atoms with Crippen LogP contribution in [0.2, 0.25) is 0 Å². The van der Waals surface area contributed by atoms with E-state index in [1.165, 1.54) is 28.3 Å². The topological polar surface area (TPSA) is 123 Å². The van der Waals surface area contributed by atoms with Crippen LogP contribution in [-0.4, -0.2) is 139 Å². The van der Waals surface area contributed by atoms with E-state index in [1.54, 1.807) is 17.0 Å². The smallest absolute Gasteiger partial charge is 0.269 e. The quantitative estimate of drug-likeness (QED) is 0.0540. The zero-order chi connectivity index (χ0) is 53.4. The van der Waals surface area contributed by atoms with E-state index >= 15 is 0 Å². The Morgan fingerprint density at radius 1 is 0.500 bits per heavy atom. The molecule has 0 aromatic heterocycles. The number of non-ortho nitro benzene ring substituents is 1. The molecule has 0 radical (unpaired) electrons. The summed E-state index contributed by atoms with van der Waals surface area (Å²) in [7, 11) is 1.00. The van der Waals surface area contributed by atoms with Crippen LogP contribution in [0.4, 0.5) is 20.2 Å². The number of nitro benzene ring substituents is 1. The van der Waals surface area contributed by atoms with Crippen LogP contribution in [0.25, 0.3) is 0 Å². The van der Waals surface area contributed by atoms with E-state index in [2.05, 4.69) is 98.5 Å². The highest BCUT2D eigenvalue weighted by Crippen LogP contribution is 2.34. The highest BCUT2D eigenvalue weighted by Gasteiger charge is 2.29. The fourth-order valence-electron chi connectivity index (χ4n) is 9.81. The van der Waals surface area contributed by atoms with E-state index in [0.717, 1.165) is 101 Å². The molecule has 0 spiro atoms. The summed E-state index contributed by atoms with van der Waals surface area (Å²) < 4.78 is 19.0. The summed E-state index contributed by atoms with van der Waals surface area (Å²) in [6.45, 7) is 20.2. The van der Waals surface area contributed by atoms with Crippen LogP contribution in [0.3, 0.4) is 0 Å². The van der Waals surface area contributed by atoms with Gasteiger partial charge in [-0.15, -0.1) is 0 Å². The minimum absolute atomic E-state index is 0.0213. The number of rotatable bonds is 17. The second-order valence-electron chi connectivity index (χ2n) is 18.1. The average Bonchev–Trinajstić information content (AvgIpc) is 3.45. The molecule has 2 unspecified atom stereocenters. The fourth-order valence-corrected chi connectivity index (χ4v) is 9.81. The molecule has 2 N–H and O–H groups in total. The summed E-state index contributed by atoms with van der Waals surface area (Å²) in [4.78, 5) is 50.3. The molecule has 2 fully saturated rings. The minimum Gasteiger partial charge on any atom is -0.399 e. The Balaban J connectivity index is 0.000000257. The molecule has 2 aliphatic rings. The molecule has 2 amide bonds. The van der Waals surface area contributed by atoms with E-state index in [4.69, 9.17) is 5.73 Å². The lowest BCUT2D eigenvalue weighted by molar-refractivity contribution is -0.384. The summed E-state index contributed by atoms with van der Waals surface area (Å²) in [5, 5.41) is 11.5. The number of carbonyl (C=O) groups excluding carboxylic acids is 2. The summed E-state index contributed by atoms with van der Waals surface area (Å²) in [5.74, 6) is 0.111. The number of nitrogen functional groups attached to an aromatic ring is 1. The van der Waals surface area contributed by atoms with Crippen molar-refractivity contribution >= 4 is 23.2 Å². The molecule has 12 nitrogen and oxygen atoms in total. The van der Waals surface area contributed by atoms with Gasteiger partial charge in [0.2, 0.25) is 0 Å². The SMILES string of the molecule is CCN(CC)C(=O)c1ccc(C(c2cccc(N)c2)N2CCN(Cc3ccccc3)CC2)cc1.CCN(CC)C(=O)c1ccc(C(c2cccc([N+](=O)[O-])c2)N2CCN(Cc3ccccc3)CC2)cc1.CF.CF. The number of alkyl halides is 2. The second-order valence-corrected chi connectivity index (χ2v) is 18.1. The van der Waals surface area contributed by atoms with Gasteiger partial charge in [-0.1, -0.05) is 109 Å². The zero-order valence-corrected chi connectivity index (χ0v) is 44.2. The van der Waals surface area contributed by atoms with Crippen LogP contribution >= 0.6 is 0 Å². The molecule has 0 saturated carbocycles. The van der Waals surface area contributed by atoms with Gasteiger partial charge in [-0.2, -0.15) is 0 Å². The van der Waals surface area contributed by atoms with Gasteiger partial charge in [0.1, 0.15) is 0 Å². The van der Waals surface area contributed by atoms with Gasteiger partial charge in [0.25, 0.3) is 17.5 Å². The van der Waals surface area contributed by atoms with Gasteiger partial charge in [0.15, 0.2) is 0 Å². The monoisotopic (exact) mass is 1010 g/mol. The van der Waals surface area contributed by atoms with E-state index in [-0.39, 0.29) is 34.5 Å². The number of anilines is 1. The standard InChI is InChI=1S/C29H34N4O3.C29H36N4O.2CH3F/c1-3-31(4-2)29(34)25-15-13-24(14-16-25)28(26-11-8-12-27(21-26)33(35)36)32-19-17-30(18-20-32)22-23-9-6-5-7-10-23;1-3-32(4-2)29(34)25-15-13-24(14-16-25)28(26-11-8-12-27(30)21-26)33-19-17-31(18-20-33)22-23-9-6-5-7-10-23;2*1-2/h5-16,21,28H,3-4,17-20,22H2,1-2H3;5-16,21,28H,3-4,17-20,22,30H2,1-2H3;2*1H3. The van der Waals surface area contributed by atoms with Crippen LogP contribution in [0, 0.1) is 10.1 Å². The molecule has 0 bridgehead atoms. The molecule has 2 heterocycles. The van der Waals surface area contributed by atoms with Crippen molar-refractivity contribution in [1.82, 2.24) is 29.4 Å². The van der Waals surface area contributed by atoms with Crippen molar-refractivity contribution in [3.63, 3.8) is 0 Å². The normalized spacial score (nSPS) is 14.9. The highest BCUT2D eigenvalue weighted by molar-refractivity contribution is 5.94. The Bertz CT molecular complexity index is 2580. The summed E-state index contributed by atoms with van der Waals surface area (Å²) >= 11 is 0. The zero-order valence-electron chi connectivity index (χ0n) is 44.2. The van der Waals surface area contributed by atoms with Crippen LogP contribution in [0.15, 0.2) is 158 Å². The van der Waals surface area contributed by atoms with Crippen molar-refractivity contribution in [3.8, 4) is 0 Å². The Labute approximate surface area is 438 Å². The molecule has 394 valence electrons. The number of nitrogens with zero attached hydrogens (tertiary/aromatic N) is 7. The van der Waals surface area contributed by atoms with Crippen molar-refractivity contribution in [3.05, 3.63) is 212 Å². The van der Waals surface area contributed by atoms with Crippen LogP contribution in [0.1, 0.15) is 93.9 Å². The van der Waals surface area contributed by atoms with E-state index < -0.39 is 0 Å². The molecule has 0 aliphatic carbocycles. The lowest BCUT2D eigenvalue weighted by Crippen LogP contribution is -2.47. The maximum Gasteiger partial charge on any atom is 0.269 e. The average molecular weight is 1010 g/mol. The first-order valence-electron chi connectivity index (χ1n) is 25.7. The predicted molar refractivity (Wildman–Crippen MR) is 296 cm³/mol. The third kappa shape index (κ3) is 16.1. The van der Waals surface area contributed by atoms with Crippen molar-refractivity contribution in [2.24, 2.45) is 0 Å². The number of benzene rings is 6. The first-order valence-corrected chi connectivity index (χ1v) is 25.7. The molecule has 14 heteroatoms. The Kier molecular flexibility index (Phi) is 23.8. The Hall–Kier alpha value is -6.84. The number of nitrogens with two attached hydrogens (primary N) is 1. The predicted octanol–water partition coefficient (Wildman–Crippen LogP) is 10.8. The lowest BCUT2D eigenvalue weighted by atomic mass is 9.95. The number of halogens is 2. The Morgan fingerprint density at radius 2 is 0.865 bits per heavy atom. The van der Waals surface area contributed by atoms with Crippen LogP contribution < -0.4 is 5.73 Å². The molecule has 8 rings (SSSR count). The fraction of sp³-hybridized carbons (Fsp3) is 0.367. The van der Waals surface area contributed by atoms with Gasteiger partial charge in [0, 0.05) is 121 Å². The number of nitro groups is 1. The summed E-state index contributed by atoms with van der Waals surface area (Å²) in [5.41, 5.74) is 15.4. The molecule has 6 aromatic rings. The number of piperazine rings is 2. The number of hydrogen-bond donors (Lipinski definition) is 1.